The van der Waals surface area contributed by atoms with Crippen molar-refractivity contribution in [1.29, 1.82) is 0 Å². The first kappa shape index (κ1) is 26.9. The molecule has 0 amide bonds. The van der Waals surface area contributed by atoms with Gasteiger partial charge in [0.05, 0.1) is 0 Å². The van der Waals surface area contributed by atoms with Crippen LogP contribution >= 0.6 is 22.7 Å². The minimum absolute atomic E-state index is 0.833. The molecule has 0 aliphatic carbocycles. The van der Waals surface area contributed by atoms with Crippen molar-refractivity contribution in [2.75, 3.05) is 0 Å². The number of rotatable bonds is 2. The highest BCUT2D eigenvalue weighted by Gasteiger charge is 2.24. The number of fused-ring (bicyclic) bond motifs is 12. The highest BCUT2D eigenvalue weighted by Crippen LogP contribution is 2.52. The number of furan rings is 2. The third-order valence-corrected chi connectivity index (χ3v) is 12.5. The quantitative estimate of drug-likeness (QED) is 0.171. The fraction of sp³-hybridized carbons (Fsp3) is 0. The first-order chi connectivity index (χ1) is 24.8. The van der Waals surface area contributed by atoms with E-state index in [1.54, 1.807) is 0 Å². The predicted octanol–water partition coefficient (Wildman–Crippen LogP) is 14.7. The van der Waals surface area contributed by atoms with Crippen molar-refractivity contribution in [3.8, 4) is 22.3 Å². The van der Waals surface area contributed by atoms with E-state index in [2.05, 4.69) is 133 Å². The smallest absolute Gasteiger partial charge is 0.143 e. The Morgan fingerprint density at radius 1 is 0.360 bits per heavy atom. The highest BCUT2D eigenvalue weighted by atomic mass is 32.1. The number of thiophene rings is 2. The molecule has 0 bridgehead atoms. The van der Waals surface area contributed by atoms with E-state index < -0.39 is 0 Å². The topological polar surface area (TPSA) is 26.3 Å². The van der Waals surface area contributed by atoms with Crippen molar-refractivity contribution in [2.45, 2.75) is 0 Å². The zero-order valence-corrected chi connectivity index (χ0v) is 28.1. The lowest BCUT2D eigenvalue weighted by Gasteiger charge is -2.19. The molecule has 0 saturated carbocycles. The van der Waals surface area contributed by atoms with Gasteiger partial charge >= 0.3 is 0 Å². The van der Waals surface area contributed by atoms with E-state index in [1.165, 1.54) is 68.5 Å². The second-order valence-electron chi connectivity index (χ2n) is 13.1. The van der Waals surface area contributed by atoms with Gasteiger partial charge in [-0.15, -0.1) is 22.7 Å². The van der Waals surface area contributed by atoms with E-state index in [-0.39, 0.29) is 0 Å². The van der Waals surface area contributed by atoms with Crippen LogP contribution in [0.3, 0.4) is 0 Å². The minimum Gasteiger partial charge on any atom is -0.456 e. The van der Waals surface area contributed by atoms with Gasteiger partial charge in [-0.2, -0.15) is 0 Å². The van der Waals surface area contributed by atoms with E-state index in [1.807, 2.05) is 34.8 Å². The molecule has 0 fully saturated rings. The Hall–Kier alpha value is -5.94. The van der Waals surface area contributed by atoms with Gasteiger partial charge in [0.15, 0.2) is 0 Å². The van der Waals surface area contributed by atoms with Crippen molar-refractivity contribution in [3.63, 3.8) is 0 Å². The van der Waals surface area contributed by atoms with Crippen LogP contribution in [-0.4, -0.2) is 0 Å². The molecule has 8 aromatic carbocycles. The summed E-state index contributed by atoms with van der Waals surface area (Å²) in [6.07, 6.45) is 0. The molecule has 4 heterocycles. The Morgan fingerprint density at radius 3 is 1.80 bits per heavy atom. The average Bonchev–Trinajstić information content (AvgIpc) is 3.94. The zero-order valence-electron chi connectivity index (χ0n) is 26.5. The predicted molar refractivity (Wildman–Crippen MR) is 215 cm³/mol. The summed E-state index contributed by atoms with van der Waals surface area (Å²) < 4.78 is 17.1. The van der Waals surface area contributed by atoms with Gasteiger partial charge < -0.3 is 8.83 Å². The van der Waals surface area contributed by atoms with Crippen LogP contribution in [0.5, 0.6) is 0 Å². The van der Waals surface area contributed by atoms with Crippen LogP contribution in [0.1, 0.15) is 0 Å². The fourth-order valence-corrected chi connectivity index (χ4v) is 10.5. The molecule has 232 valence electrons. The lowest BCUT2D eigenvalue weighted by atomic mass is 9.83. The Balaban J connectivity index is 1.22. The van der Waals surface area contributed by atoms with Gasteiger partial charge in [0, 0.05) is 74.6 Å². The van der Waals surface area contributed by atoms with Gasteiger partial charge in [-0.05, 0) is 62.8 Å². The molecule has 2 nitrogen and oxygen atoms in total. The summed E-state index contributed by atoms with van der Waals surface area (Å²) in [6, 6.07) is 50.6. The zero-order chi connectivity index (χ0) is 32.5. The van der Waals surface area contributed by atoms with Crippen LogP contribution in [-0.2, 0) is 0 Å². The first-order valence-electron chi connectivity index (χ1n) is 16.8. The second-order valence-corrected chi connectivity index (χ2v) is 15.2. The Morgan fingerprint density at radius 2 is 1.00 bits per heavy atom. The summed E-state index contributed by atoms with van der Waals surface area (Å²) >= 11 is 3.72. The molecule has 0 unspecified atom stereocenters. The van der Waals surface area contributed by atoms with Crippen LogP contribution in [0.2, 0.25) is 0 Å². The third-order valence-electron chi connectivity index (χ3n) is 10.5. The minimum atomic E-state index is 0.833. The summed E-state index contributed by atoms with van der Waals surface area (Å²) in [4.78, 5) is 0. The van der Waals surface area contributed by atoms with Crippen LogP contribution < -0.4 is 0 Å². The van der Waals surface area contributed by atoms with E-state index >= 15 is 0 Å². The number of hydrogen-bond acceptors (Lipinski definition) is 4. The van der Waals surface area contributed by atoms with E-state index in [0.717, 1.165) is 49.4 Å². The van der Waals surface area contributed by atoms with E-state index in [9.17, 15) is 0 Å². The Bertz CT molecular complexity index is 3330. The SMILES string of the molecule is c1ccc2c(c1)oc1cc3oc4c(-c5c6ccccc6c(-c6c7ccsc7cc7sc8ccccc8c67)c6ccccc56)cccc4c3cc12. The lowest BCUT2D eigenvalue weighted by Crippen LogP contribution is -1.92. The summed E-state index contributed by atoms with van der Waals surface area (Å²) in [5, 5.41) is 15.6. The molecule has 50 heavy (non-hydrogen) atoms. The molecule has 0 aliphatic rings. The summed E-state index contributed by atoms with van der Waals surface area (Å²) in [5.41, 5.74) is 8.38. The standard InChI is InChI=1S/C46H24O2S2/c1-3-13-28-26(11-1)42(33-17-9-16-30-35-22-34-25-10-5-7-18-36(25)47-37(34)23-38(35)48-46(30)33)27-12-2-4-14-29(27)43(28)45-32-20-21-49-40(32)24-41-44(45)31-15-6-8-19-39(31)50-41/h1-24H. The van der Waals surface area contributed by atoms with Gasteiger partial charge in [0.1, 0.15) is 22.3 Å². The monoisotopic (exact) mass is 672 g/mol. The molecule has 12 aromatic rings. The molecule has 0 aliphatic heterocycles. The molecular weight excluding hydrogens is 649 g/mol. The number of benzene rings is 8. The number of para-hydroxylation sites is 2. The molecule has 4 aromatic heterocycles. The second kappa shape index (κ2) is 9.82. The van der Waals surface area contributed by atoms with Crippen molar-refractivity contribution in [3.05, 3.63) is 145 Å². The molecule has 0 radical (unpaired) electrons. The van der Waals surface area contributed by atoms with Crippen molar-refractivity contribution in [2.24, 2.45) is 0 Å². The number of hydrogen-bond donors (Lipinski definition) is 0. The Kier molecular flexibility index (Phi) is 5.29. The summed E-state index contributed by atoms with van der Waals surface area (Å²) in [7, 11) is 0. The summed E-state index contributed by atoms with van der Waals surface area (Å²) in [6.45, 7) is 0. The van der Waals surface area contributed by atoms with Crippen molar-refractivity contribution in [1.82, 2.24) is 0 Å². The Labute approximate surface area is 293 Å². The molecule has 4 heteroatoms. The van der Waals surface area contributed by atoms with Gasteiger partial charge in [0.2, 0.25) is 0 Å². The molecule has 0 spiro atoms. The van der Waals surface area contributed by atoms with Gasteiger partial charge in [-0.3, -0.25) is 0 Å². The molecular formula is C46H24O2S2. The summed E-state index contributed by atoms with van der Waals surface area (Å²) in [5.74, 6) is 0. The van der Waals surface area contributed by atoms with E-state index in [4.69, 9.17) is 8.83 Å². The van der Waals surface area contributed by atoms with Crippen molar-refractivity contribution < 1.29 is 8.83 Å². The highest BCUT2D eigenvalue weighted by molar-refractivity contribution is 7.26. The molecule has 0 atom stereocenters. The van der Waals surface area contributed by atoms with Crippen LogP contribution in [0.25, 0.3) is 118 Å². The molecule has 0 N–H and O–H groups in total. The average molecular weight is 673 g/mol. The molecule has 0 saturated heterocycles. The maximum atomic E-state index is 6.84. The van der Waals surface area contributed by atoms with Gasteiger partial charge in [-0.1, -0.05) is 103 Å². The maximum absolute atomic E-state index is 6.84. The molecule has 12 rings (SSSR count). The van der Waals surface area contributed by atoms with Crippen LogP contribution in [0, 0.1) is 0 Å². The van der Waals surface area contributed by atoms with Crippen LogP contribution in [0.4, 0.5) is 0 Å². The maximum Gasteiger partial charge on any atom is 0.143 e. The lowest BCUT2D eigenvalue weighted by molar-refractivity contribution is 0.656. The van der Waals surface area contributed by atoms with Crippen molar-refractivity contribution >= 4 is 118 Å². The van der Waals surface area contributed by atoms with Gasteiger partial charge in [-0.25, -0.2) is 0 Å². The normalized spacial score (nSPS) is 12.4. The van der Waals surface area contributed by atoms with E-state index in [0.29, 0.717) is 0 Å². The fourth-order valence-electron chi connectivity index (χ4n) is 8.48. The largest absolute Gasteiger partial charge is 0.456 e. The third kappa shape index (κ3) is 3.51. The first-order valence-corrected chi connectivity index (χ1v) is 18.5. The van der Waals surface area contributed by atoms with Gasteiger partial charge in [0.25, 0.3) is 0 Å². The van der Waals surface area contributed by atoms with Crippen LogP contribution in [0.15, 0.2) is 154 Å².